The van der Waals surface area contributed by atoms with Gasteiger partial charge in [-0.1, -0.05) is 51.1 Å². The number of nitrogens with zero attached hydrogens (tertiary/aromatic N) is 1. The van der Waals surface area contributed by atoms with Crippen LogP contribution >= 0.6 is 0 Å². The summed E-state index contributed by atoms with van der Waals surface area (Å²) in [6.07, 6.45) is 0.700. The number of rotatable bonds is 9. The van der Waals surface area contributed by atoms with E-state index in [1.807, 2.05) is 51.1 Å². The maximum Gasteiger partial charge on any atom is 0.214 e. The zero-order chi connectivity index (χ0) is 15.9. The molecule has 0 bridgehead atoms. The number of hydrogen-bond acceptors (Lipinski definition) is 3. The van der Waals surface area contributed by atoms with Crippen molar-refractivity contribution < 1.29 is 8.42 Å². The number of sulfonamides is 1. The molecule has 0 aromatic heterocycles. The molecule has 0 amide bonds. The van der Waals surface area contributed by atoms with Crippen LogP contribution in [0, 0.1) is 5.92 Å². The van der Waals surface area contributed by atoms with E-state index in [0.29, 0.717) is 32.0 Å². The van der Waals surface area contributed by atoms with Crippen LogP contribution in [0.25, 0.3) is 0 Å². The summed E-state index contributed by atoms with van der Waals surface area (Å²) in [7, 11) is -3.26. The van der Waals surface area contributed by atoms with Crippen molar-refractivity contribution >= 4 is 10.0 Å². The molecule has 0 spiro atoms. The number of nitrogens with two attached hydrogens (primary N) is 1. The molecule has 5 heteroatoms. The fourth-order valence-corrected chi connectivity index (χ4v) is 4.29. The monoisotopic (exact) mass is 312 g/mol. The van der Waals surface area contributed by atoms with Gasteiger partial charge in [0.1, 0.15) is 0 Å². The van der Waals surface area contributed by atoms with Crippen molar-refractivity contribution in [2.24, 2.45) is 11.7 Å². The average Bonchev–Trinajstić information content (AvgIpc) is 2.43. The summed E-state index contributed by atoms with van der Waals surface area (Å²) < 4.78 is 26.9. The number of hydrogen-bond donors (Lipinski definition) is 1. The van der Waals surface area contributed by atoms with Gasteiger partial charge in [-0.05, 0) is 30.4 Å². The summed E-state index contributed by atoms with van der Waals surface area (Å²) in [5.74, 6) is 0.446. The van der Waals surface area contributed by atoms with Crippen molar-refractivity contribution in [1.29, 1.82) is 0 Å². The molecule has 1 aromatic rings. The lowest BCUT2D eigenvalue weighted by Gasteiger charge is -2.25. The Balaban J connectivity index is 2.80. The smallest absolute Gasteiger partial charge is 0.214 e. The molecule has 0 aliphatic heterocycles. The molecular formula is C16H28N2O2S. The van der Waals surface area contributed by atoms with E-state index in [2.05, 4.69) is 0 Å². The van der Waals surface area contributed by atoms with Crippen LogP contribution in [0.1, 0.15) is 38.7 Å². The minimum atomic E-state index is -3.26. The van der Waals surface area contributed by atoms with Gasteiger partial charge in [0.05, 0.1) is 5.75 Å². The number of benzene rings is 1. The third kappa shape index (κ3) is 6.16. The minimum Gasteiger partial charge on any atom is -0.330 e. The summed E-state index contributed by atoms with van der Waals surface area (Å²) in [6.45, 7) is 7.61. The molecule has 0 radical (unpaired) electrons. The van der Waals surface area contributed by atoms with Crippen molar-refractivity contribution in [1.82, 2.24) is 4.31 Å². The van der Waals surface area contributed by atoms with Gasteiger partial charge in [-0.2, -0.15) is 0 Å². The predicted molar refractivity (Wildman–Crippen MR) is 88.7 cm³/mol. The van der Waals surface area contributed by atoms with Gasteiger partial charge in [-0.3, -0.25) is 0 Å². The van der Waals surface area contributed by atoms with E-state index in [4.69, 9.17) is 5.73 Å². The van der Waals surface area contributed by atoms with Crippen LogP contribution in [0.15, 0.2) is 30.3 Å². The van der Waals surface area contributed by atoms with Gasteiger partial charge in [0, 0.05) is 13.1 Å². The fourth-order valence-electron chi connectivity index (χ4n) is 2.32. The first-order valence-corrected chi connectivity index (χ1v) is 9.20. The molecule has 1 aromatic carbocycles. The molecule has 21 heavy (non-hydrogen) atoms. The second kappa shape index (κ2) is 8.51. The average molecular weight is 312 g/mol. The normalized spacial score (nSPS) is 13.8. The van der Waals surface area contributed by atoms with E-state index in [9.17, 15) is 8.42 Å². The van der Waals surface area contributed by atoms with E-state index in [0.717, 1.165) is 5.56 Å². The first-order valence-electron chi connectivity index (χ1n) is 7.59. The second-order valence-electron chi connectivity index (χ2n) is 5.98. The predicted octanol–water partition coefficient (Wildman–Crippen LogP) is 2.43. The largest absolute Gasteiger partial charge is 0.330 e. The standard InChI is InChI=1S/C16H28N2O2S/c1-14(2)12-18(11-7-10-17)21(19,20)13-15(3)16-8-5-4-6-9-16/h4-6,8-9,14-15H,7,10-13,17H2,1-3H3. The molecule has 0 saturated carbocycles. The SMILES string of the molecule is CC(C)CN(CCCN)S(=O)(=O)CC(C)c1ccccc1. The minimum absolute atomic E-state index is 0.0104. The van der Waals surface area contributed by atoms with Gasteiger partial charge in [0.25, 0.3) is 0 Å². The lowest BCUT2D eigenvalue weighted by atomic mass is 10.0. The van der Waals surface area contributed by atoms with E-state index in [-0.39, 0.29) is 11.7 Å². The molecule has 2 N–H and O–H groups in total. The van der Waals surface area contributed by atoms with Gasteiger partial charge < -0.3 is 5.73 Å². The van der Waals surface area contributed by atoms with Crippen LogP contribution in [-0.4, -0.2) is 38.1 Å². The maximum absolute atomic E-state index is 12.6. The first kappa shape index (κ1) is 18.1. The second-order valence-corrected chi connectivity index (χ2v) is 8.00. The highest BCUT2D eigenvalue weighted by Crippen LogP contribution is 2.19. The maximum atomic E-state index is 12.6. The van der Waals surface area contributed by atoms with E-state index < -0.39 is 10.0 Å². The first-order chi connectivity index (χ1) is 9.86. The van der Waals surface area contributed by atoms with Crippen LogP contribution in [0.2, 0.25) is 0 Å². The van der Waals surface area contributed by atoms with Crippen molar-refractivity contribution in [3.05, 3.63) is 35.9 Å². The molecule has 0 aliphatic carbocycles. The van der Waals surface area contributed by atoms with Crippen LogP contribution < -0.4 is 5.73 Å². The van der Waals surface area contributed by atoms with Gasteiger partial charge in [0.15, 0.2) is 0 Å². The van der Waals surface area contributed by atoms with Crippen LogP contribution in [0.5, 0.6) is 0 Å². The molecule has 0 fully saturated rings. The Hall–Kier alpha value is -0.910. The Bertz CT molecular complexity index is 500. The van der Waals surface area contributed by atoms with Gasteiger partial charge in [0.2, 0.25) is 10.0 Å². The summed E-state index contributed by atoms with van der Waals surface area (Å²) in [5, 5.41) is 0. The molecule has 120 valence electrons. The fraction of sp³-hybridized carbons (Fsp3) is 0.625. The highest BCUT2D eigenvalue weighted by molar-refractivity contribution is 7.89. The molecule has 4 nitrogen and oxygen atoms in total. The summed E-state index contributed by atoms with van der Waals surface area (Å²) in [4.78, 5) is 0. The molecule has 0 saturated heterocycles. The Morgan fingerprint density at radius 3 is 2.29 bits per heavy atom. The van der Waals surface area contributed by atoms with E-state index in [1.165, 1.54) is 0 Å². The highest BCUT2D eigenvalue weighted by Gasteiger charge is 2.25. The molecular weight excluding hydrogens is 284 g/mol. The molecule has 1 atom stereocenters. The lowest BCUT2D eigenvalue weighted by molar-refractivity contribution is 0.363. The Morgan fingerprint density at radius 2 is 1.76 bits per heavy atom. The van der Waals surface area contributed by atoms with Gasteiger partial charge >= 0.3 is 0 Å². The van der Waals surface area contributed by atoms with Crippen LogP contribution in [-0.2, 0) is 10.0 Å². The molecule has 0 aliphatic rings. The van der Waals surface area contributed by atoms with Gasteiger partial charge in [-0.15, -0.1) is 0 Å². The summed E-state index contributed by atoms with van der Waals surface area (Å²) in [6, 6.07) is 9.79. The molecule has 0 heterocycles. The van der Waals surface area contributed by atoms with E-state index in [1.54, 1.807) is 4.31 Å². The quantitative estimate of drug-likeness (QED) is 0.761. The highest BCUT2D eigenvalue weighted by atomic mass is 32.2. The van der Waals surface area contributed by atoms with Crippen molar-refractivity contribution in [2.45, 2.75) is 33.1 Å². The van der Waals surface area contributed by atoms with Crippen molar-refractivity contribution in [3.63, 3.8) is 0 Å². The topological polar surface area (TPSA) is 63.4 Å². The zero-order valence-electron chi connectivity index (χ0n) is 13.3. The lowest BCUT2D eigenvalue weighted by Crippen LogP contribution is -2.38. The Kier molecular flexibility index (Phi) is 7.35. The molecule has 1 rings (SSSR count). The zero-order valence-corrected chi connectivity index (χ0v) is 14.1. The third-order valence-electron chi connectivity index (χ3n) is 3.40. The summed E-state index contributed by atoms with van der Waals surface area (Å²) in [5.41, 5.74) is 6.58. The van der Waals surface area contributed by atoms with Crippen molar-refractivity contribution in [3.8, 4) is 0 Å². The Labute approximate surface area is 129 Å². The molecule has 1 unspecified atom stereocenters. The van der Waals surface area contributed by atoms with Crippen LogP contribution in [0.4, 0.5) is 0 Å². The third-order valence-corrected chi connectivity index (χ3v) is 5.44. The van der Waals surface area contributed by atoms with Crippen molar-refractivity contribution in [2.75, 3.05) is 25.4 Å². The van der Waals surface area contributed by atoms with Gasteiger partial charge in [-0.25, -0.2) is 12.7 Å². The summed E-state index contributed by atoms with van der Waals surface area (Å²) >= 11 is 0. The Morgan fingerprint density at radius 1 is 1.14 bits per heavy atom. The van der Waals surface area contributed by atoms with E-state index >= 15 is 0 Å². The van der Waals surface area contributed by atoms with Crippen LogP contribution in [0.3, 0.4) is 0 Å².